The number of benzene rings is 1. The summed E-state index contributed by atoms with van der Waals surface area (Å²) >= 11 is 0. The van der Waals surface area contributed by atoms with Gasteiger partial charge in [-0.25, -0.2) is 8.42 Å². The molecule has 0 radical (unpaired) electrons. The van der Waals surface area contributed by atoms with E-state index in [1.54, 1.807) is 12.1 Å². The molecule has 0 spiro atoms. The largest absolute Gasteiger partial charge is 0.330 e. The number of sulfone groups is 1. The highest BCUT2D eigenvalue weighted by Crippen LogP contribution is 2.10. The third-order valence-electron chi connectivity index (χ3n) is 3.13. The summed E-state index contributed by atoms with van der Waals surface area (Å²) in [5.41, 5.74) is 6.65. The normalized spacial score (nSPS) is 13.4. The zero-order valence-electron chi connectivity index (χ0n) is 11.7. The van der Waals surface area contributed by atoms with Crippen LogP contribution in [0.1, 0.15) is 25.3 Å². The quantitative estimate of drug-likeness (QED) is 0.711. The summed E-state index contributed by atoms with van der Waals surface area (Å²) in [4.78, 5) is 0.369. The maximum atomic E-state index is 11.3. The topological polar surface area (TPSA) is 72.2 Å². The first-order valence-electron chi connectivity index (χ1n) is 6.63. The standard InChI is InChI=1S/C14H24N2O2S/c1-12(10-15)4-3-9-16-11-13-5-7-14(8-6-13)19(2,17)18/h5-8,12,16H,3-4,9-11,15H2,1-2H3. The molecule has 1 unspecified atom stereocenters. The van der Waals surface area contributed by atoms with Crippen molar-refractivity contribution < 1.29 is 8.42 Å². The van der Waals surface area contributed by atoms with Crippen molar-refractivity contribution in [3.63, 3.8) is 0 Å². The average molecular weight is 284 g/mol. The molecule has 1 aromatic carbocycles. The van der Waals surface area contributed by atoms with Crippen LogP contribution in [0.25, 0.3) is 0 Å². The molecule has 0 bridgehead atoms. The van der Waals surface area contributed by atoms with Crippen molar-refractivity contribution in [1.29, 1.82) is 0 Å². The lowest BCUT2D eigenvalue weighted by Crippen LogP contribution is -2.17. The average Bonchev–Trinajstić information content (AvgIpc) is 2.37. The van der Waals surface area contributed by atoms with Crippen LogP contribution >= 0.6 is 0 Å². The first-order valence-corrected chi connectivity index (χ1v) is 8.52. The van der Waals surface area contributed by atoms with Gasteiger partial charge < -0.3 is 11.1 Å². The minimum atomic E-state index is -3.09. The number of rotatable bonds is 8. The van der Waals surface area contributed by atoms with Gasteiger partial charge in [0.1, 0.15) is 0 Å². The molecule has 0 heterocycles. The first kappa shape index (κ1) is 16.1. The van der Waals surface area contributed by atoms with Gasteiger partial charge >= 0.3 is 0 Å². The first-order chi connectivity index (χ1) is 8.93. The van der Waals surface area contributed by atoms with Crippen LogP contribution in [0.2, 0.25) is 0 Å². The highest BCUT2D eigenvalue weighted by atomic mass is 32.2. The van der Waals surface area contributed by atoms with Crippen molar-refractivity contribution in [2.75, 3.05) is 19.3 Å². The van der Waals surface area contributed by atoms with Gasteiger partial charge in [-0.1, -0.05) is 19.1 Å². The second kappa shape index (κ2) is 7.62. The van der Waals surface area contributed by atoms with E-state index in [0.717, 1.165) is 38.0 Å². The van der Waals surface area contributed by atoms with E-state index in [4.69, 9.17) is 5.73 Å². The lowest BCUT2D eigenvalue weighted by atomic mass is 10.1. The molecule has 5 heteroatoms. The van der Waals surface area contributed by atoms with Gasteiger partial charge in [0, 0.05) is 12.8 Å². The lowest BCUT2D eigenvalue weighted by Gasteiger charge is -2.09. The predicted molar refractivity (Wildman–Crippen MR) is 78.7 cm³/mol. The Morgan fingerprint density at radius 3 is 2.42 bits per heavy atom. The molecule has 0 aliphatic carbocycles. The molecule has 4 nitrogen and oxygen atoms in total. The van der Waals surface area contributed by atoms with E-state index in [1.165, 1.54) is 6.26 Å². The molecule has 0 saturated carbocycles. The third-order valence-corrected chi connectivity index (χ3v) is 4.26. The molecular formula is C14H24N2O2S. The van der Waals surface area contributed by atoms with Crippen molar-refractivity contribution in [3.05, 3.63) is 29.8 Å². The summed E-state index contributed by atoms with van der Waals surface area (Å²) < 4.78 is 22.6. The van der Waals surface area contributed by atoms with Crippen LogP contribution in [-0.2, 0) is 16.4 Å². The van der Waals surface area contributed by atoms with Crippen LogP contribution in [0.4, 0.5) is 0 Å². The van der Waals surface area contributed by atoms with Gasteiger partial charge in [-0.15, -0.1) is 0 Å². The Kier molecular flexibility index (Phi) is 6.48. The molecule has 0 amide bonds. The van der Waals surface area contributed by atoms with Gasteiger partial charge in [0.25, 0.3) is 0 Å². The summed E-state index contributed by atoms with van der Waals surface area (Å²) in [6.07, 6.45) is 3.47. The van der Waals surface area contributed by atoms with Crippen molar-refractivity contribution in [2.45, 2.75) is 31.2 Å². The van der Waals surface area contributed by atoms with Gasteiger partial charge in [-0.3, -0.25) is 0 Å². The molecule has 0 fully saturated rings. The maximum Gasteiger partial charge on any atom is 0.175 e. The van der Waals surface area contributed by atoms with Crippen LogP contribution in [0.5, 0.6) is 0 Å². The van der Waals surface area contributed by atoms with E-state index < -0.39 is 9.84 Å². The van der Waals surface area contributed by atoms with Crippen LogP contribution < -0.4 is 11.1 Å². The monoisotopic (exact) mass is 284 g/mol. The van der Waals surface area contributed by atoms with Crippen LogP contribution in [0.3, 0.4) is 0 Å². The second-order valence-electron chi connectivity index (χ2n) is 5.08. The molecule has 0 aromatic heterocycles. The SMILES string of the molecule is CC(CN)CCCNCc1ccc(S(C)(=O)=O)cc1. The summed E-state index contributed by atoms with van der Waals surface area (Å²) in [6, 6.07) is 7.02. The van der Waals surface area contributed by atoms with E-state index >= 15 is 0 Å². The fourth-order valence-corrected chi connectivity index (χ4v) is 2.41. The van der Waals surface area contributed by atoms with E-state index in [9.17, 15) is 8.42 Å². The highest BCUT2D eigenvalue weighted by molar-refractivity contribution is 7.90. The predicted octanol–water partition coefficient (Wildman–Crippen LogP) is 1.55. The summed E-state index contributed by atoms with van der Waals surface area (Å²) in [5.74, 6) is 0.579. The van der Waals surface area contributed by atoms with Crippen LogP contribution in [0, 0.1) is 5.92 Å². The lowest BCUT2D eigenvalue weighted by molar-refractivity contribution is 0.501. The number of hydrogen-bond donors (Lipinski definition) is 2. The van der Waals surface area contributed by atoms with Crippen molar-refractivity contribution in [1.82, 2.24) is 5.32 Å². The summed E-state index contributed by atoms with van der Waals surface area (Å²) in [6.45, 7) is 4.62. The molecule has 3 N–H and O–H groups in total. The van der Waals surface area contributed by atoms with E-state index in [2.05, 4.69) is 12.2 Å². The van der Waals surface area contributed by atoms with Crippen molar-refractivity contribution in [2.24, 2.45) is 11.7 Å². The minimum Gasteiger partial charge on any atom is -0.330 e. The van der Waals surface area contributed by atoms with Crippen molar-refractivity contribution in [3.8, 4) is 0 Å². The third kappa shape index (κ3) is 6.18. The molecule has 1 atom stereocenters. The van der Waals surface area contributed by atoms with Gasteiger partial charge in [0.05, 0.1) is 4.90 Å². The molecule has 1 rings (SSSR count). The Morgan fingerprint density at radius 2 is 1.89 bits per heavy atom. The molecular weight excluding hydrogens is 260 g/mol. The molecule has 1 aromatic rings. The smallest absolute Gasteiger partial charge is 0.175 e. The Hall–Kier alpha value is -0.910. The van der Waals surface area contributed by atoms with Gasteiger partial charge in [-0.05, 0) is 49.5 Å². The van der Waals surface area contributed by atoms with E-state index in [0.29, 0.717) is 10.8 Å². The number of nitrogens with two attached hydrogens (primary N) is 1. The van der Waals surface area contributed by atoms with E-state index in [-0.39, 0.29) is 0 Å². The zero-order valence-corrected chi connectivity index (χ0v) is 12.5. The van der Waals surface area contributed by atoms with E-state index in [1.807, 2.05) is 12.1 Å². The molecule has 0 saturated heterocycles. The highest BCUT2D eigenvalue weighted by Gasteiger charge is 2.05. The zero-order chi connectivity index (χ0) is 14.3. The molecule has 108 valence electrons. The Labute approximate surface area is 116 Å². The maximum absolute atomic E-state index is 11.3. The van der Waals surface area contributed by atoms with Gasteiger partial charge in [-0.2, -0.15) is 0 Å². The number of nitrogens with one attached hydrogen (secondary N) is 1. The number of hydrogen-bond acceptors (Lipinski definition) is 4. The minimum absolute atomic E-state index is 0.369. The van der Waals surface area contributed by atoms with Gasteiger partial charge in [0.2, 0.25) is 0 Å². The Balaban J connectivity index is 2.31. The second-order valence-corrected chi connectivity index (χ2v) is 7.09. The van der Waals surface area contributed by atoms with Crippen LogP contribution in [-0.4, -0.2) is 27.8 Å². The molecule has 19 heavy (non-hydrogen) atoms. The Bertz CT molecular complexity index is 469. The van der Waals surface area contributed by atoms with Crippen molar-refractivity contribution >= 4 is 9.84 Å². The fourth-order valence-electron chi connectivity index (χ4n) is 1.78. The molecule has 0 aliphatic rings. The summed E-state index contributed by atoms with van der Waals surface area (Å²) in [5, 5.41) is 3.35. The fraction of sp³-hybridized carbons (Fsp3) is 0.571. The Morgan fingerprint density at radius 1 is 1.26 bits per heavy atom. The summed E-state index contributed by atoms with van der Waals surface area (Å²) in [7, 11) is -3.09. The van der Waals surface area contributed by atoms with Crippen LogP contribution in [0.15, 0.2) is 29.2 Å². The van der Waals surface area contributed by atoms with Gasteiger partial charge in [0.15, 0.2) is 9.84 Å². The molecule has 0 aliphatic heterocycles.